The van der Waals surface area contributed by atoms with Crippen molar-refractivity contribution in [2.75, 3.05) is 5.73 Å². The highest BCUT2D eigenvalue weighted by Gasteiger charge is 2.15. The summed E-state index contributed by atoms with van der Waals surface area (Å²) in [6.45, 7) is 1.68. The molecule has 0 unspecified atom stereocenters. The summed E-state index contributed by atoms with van der Waals surface area (Å²) in [5.74, 6) is 0.362. The SMILES string of the molecule is Cc1c(C#N)c(N)nc(SCc2ccc(F)cc2)c1C#N. The molecule has 0 aliphatic rings. The highest BCUT2D eigenvalue weighted by Crippen LogP contribution is 2.29. The van der Waals surface area contributed by atoms with Gasteiger partial charge < -0.3 is 5.73 Å². The first-order valence-electron chi connectivity index (χ1n) is 6.04. The van der Waals surface area contributed by atoms with Gasteiger partial charge in [-0.2, -0.15) is 10.5 Å². The fourth-order valence-corrected chi connectivity index (χ4v) is 2.81. The van der Waals surface area contributed by atoms with Crippen molar-refractivity contribution in [2.24, 2.45) is 0 Å². The monoisotopic (exact) mass is 298 g/mol. The summed E-state index contributed by atoms with van der Waals surface area (Å²) >= 11 is 1.33. The average molecular weight is 298 g/mol. The molecule has 4 nitrogen and oxygen atoms in total. The highest BCUT2D eigenvalue weighted by molar-refractivity contribution is 7.98. The van der Waals surface area contributed by atoms with Crippen LogP contribution in [0.5, 0.6) is 0 Å². The van der Waals surface area contributed by atoms with Gasteiger partial charge in [0.25, 0.3) is 0 Å². The number of hydrogen-bond donors (Lipinski definition) is 1. The van der Waals surface area contributed by atoms with Gasteiger partial charge in [0.1, 0.15) is 28.8 Å². The summed E-state index contributed by atoms with van der Waals surface area (Å²) in [6, 6.07) is 10.1. The number of thioether (sulfide) groups is 1. The Balaban J connectivity index is 2.31. The van der Waals surface area contributed by atoms with Crippen LogP contribution in [0, 0.1) is 35.4 Å². The predicted molar refractivity (Wildman–Crippen MR) is 78.8 cm³/mol. The number of anilines is 1. The van der Waals surface area contributed by atoms with Crippen LogP contribution in [0.25, 0.3) is 0 Å². The third-order valence-corrected chi connectivity index (χ3v) is 4.00. The summed E-state index contributed by atoms with van der Waals surface area (Å²) in [6.07, 6.45) is 0. The Hall–Kier alpha value is -2.57. The zero-order chi connectivity index (χ0) is 15.4. The van der Waals surface area contributed by atoms with Crippen molar-refractivity contribution in [2.45, 2.75) is 17.7 Å². The molecule has 104 valence electrons. The van der Waals surface area contributed by atoms with Gasteiger partial charge in [0.15, 0.2) is 0 Å². The summed E-state index contributed by atoms with van der Waals surface area (Å²) in [5, 5.41) is 18.7. The maximum absolute atomic E-state index is 12.8. The maximum atomic E-state index is 12.8. The molecule has 0 amide bonds. The number of nitrogens with two attached hydrogens (primary N) is 1. The van der Waals surface area contributed by atoms with Crippen LogP contribution >= 0.6 is 11.8 Å². The van der Waals surface area contributed by atoms with E-state index >= 15 is 0 Å². The molecule has 0 saturated carbocycles. The van der Waals surface area contributed by atoms with Crippen molar-refractivity contribution in [3.8, 4) is 12.1 Å². The Kier molecular flexibility index (Phi) is 4.42. The second-order valence-electron chi connectivity index (χ2n) is 4.32. The zero-order valence-corrected chi connectivity index (χ0v) is 12.0. The van der Waals surface area contributed by atoms with Crippen molar-refractivity contribution in [1.82, 2.24) is 4.98 Å². The van der Waals surface area contributed by atoms with Crippen LogP contribution in [-0.2, 0) is 5.75 Å². The molecular weight excluding hydrogens is 287 g/mol. The summed E-state index contributed by atoms with van der Waals surface area (Å²) < 4.78 is 12.8. The first-order chi connectivity index (χ1) is 10.1. The number of nitrogens with zero attached hydrogens (tertiary/aromatic N) is 3. The number of rotatable bonds is 3. The van der Waals surface area contributed by atoms with Gasteiger partial charge in [0.2, 0.25) is 0 Å². The Bertz CT molecular complexity index is 757. The molecule has 0 radical (unpaired) electrons. The van der Waals surface area contributed by atoms with Crippen molar-refractivity contribution < 1.29 is 4.39 Å². The van der Waals surface area contributed by atoms with Gasteiger partial charge in [-0.1, -0.05) is 12.1 Å². The molecule has 0 aliphatic carbocycles. The number of pyridine rings is 1. The van der Waals surface area contributed by atoms with E-state index in [4.69, 9.17) is 11.0 Å². The minimum Gasteiger partial charge on any atom is -0.383 e. The van der Waals surface area contributed by atoms with Crippen LogP contribution in [0.2, 0.25) is 0 Å². The quantitative estimate of drug-likeness (QED) is 0.880. The molecule has 0 atom stereocenters. The van der Waals surface area contributed by atoms with E-state index in [1.54, 1.807) is 19.1 Å². The third kappa shape index (κ3) is 3.13. The van der Waals surface area contributed by atoms with Crippen molar-refractivity contribution in [1.29, 1.82) is 10.5 Å². The molecule has 6 heteroatoms. The van der Waals surface area contributed by atoms with Gasteiger partial charge in [-0.05, 0) is 30.2 Å². The van der Waals surface area contributed by atoms with Gasteiger partial charge in [0.05, 0.1) is 11.1 Å². The van der Waals surface area contributed by atoms with Crippen LogP contribution in [0.4, 0.5) is 10.2 Å². The molecule has 1 aromatic heterocycles. The minimum absolute atomic E-state index is 0.121. The number of benzene rings is 1. The number of nitrogen functional groups attached to an aromatic ring is 1. The Morgan fingerprint density at radius 1 is 1.19 bits per heavy atom. The lowest BCUT2D eigenvalue weighted by molar-refractivity contribution is 0.627. The minimum atomic E-state index is -0.293. The summed E-state index contributed by atoms with van der Waals surface area (Å²) in [7, 11) is 0. The smallest absolute Gasteiger partial charge is 0.143 e. The van der Waals surface area contributed by atoms with E-state index in [0.717, 1.165) is 5.56 Å². The molecular formula is C15H11FN4S. The molecule has 2 N–H and O–H groups in total. The van der Waals surface area contributed by atoms with E-state index in [-0.39, 0.29) is 17.2 Å². The molecule has 1 aromatic carbocycles. The van der Waals surface area contributed by atoms with E-state index < -0.39 is 0 Å². The van der Waals surface area contributed by atoms with Crippen LogP contribution in [0.1, 0.15) is 22.3 Å². The number of aromatic nitrogens is 1. The van der Waals surface area contributed by atoms with Crippen molar-refractivity contribution >= 4 is 17.6 Å². The van der Waals surface area contributed by atoms with Gasteiger partial charge in [-0.15, -0.1) is 11.8 Å². The molecule has 0 spiro atoms. The molecule has 0 saturated heterocycles. The predicted octanol–water partition coefficient (Wildman–Crippen LogP) is 3.15. The van der Waals surface area contributed by atoms with Gasteiger partial charge >= 0.3 is 0 Å². The topological polar surface area (TPSA) is 86.5 Å². The Morgan fingerprint density at radius 2 is 1.81 bits per heavy atom. The maximum Gasteiger partial charge on any atom is 0.143 e. The lowest BCUT2D eigenvalue weighted by Crippen LogP contribution is -2.03. The third-order valence-electron chi connectivity index (χ3n) is 2.95. The number of halogens is 1. The first-order valence-corrected chi connectivity index (χ1v) is 7.03. The second-order valence-corrected chi connectivity index (χ2v) is 5.28. The molecule has 0 fully saturated rings. The average Bonchev–Trinajstić information content (AvgIpc) is 2.47. The standard InChI is InChI=1S/C15H11FN4S/c1-9-12(6-17)14(19)20-15(13(9)7-18)21-8-10-2-4-11(16)5-3-10/h2-5H,8H2,1H3,(H2,19,20). The zero-order valence-electron chi connectivity index (χ0n) is 11.2. The Labute approximate surface area is 126 Å². The molecule has 0 bridgehead atoms. The van der Waals surface area contributed by atoms with Gasteiger partial charge in [0, 0.05) is 5.75 Å². The van der Waals surface area contributed by atoms with E-state index in [0.29, 0.717) is 21.9 Å². The molecule has 2 aromatic rings. The largest absolute Gasteiger partial charge is 0.383 e. The molecule has 0 aliphatic heterocycles. The summed E-state index contributed by atoms with van der Waals surface area (Å²) in [4.78, 5) is 4.13. The van der Waals surface area contributed by atoms with Crippen molar-refractivity contribution in [3.05, 3.63) is 52.3 Å². The van der Waals surface area contributed by atoms with Gasteiger partial charge in [-0.3, -0.25) is 0 Å². The van der Waals surface area contributed by atoms with Crippen LogP contribution in [0.15, 0.2) is 29.3 Å². The van der Waals surface area contributed by atoms with Crippen molar-refractivity contribution in [3.63, 3.8) is 0 Å². The highest BCUT2D eigenvalue weighted by atomic mass is 32.2. The van der Waals surface area contributed by atoms with Crippen LogP contribution < -0.4 is 5.73 Å². The van der Waals surface area contributed by atoms with Crippen LogP contribution in [-0.4, -0.2) is 4.98 Å². The molecule has 21 heavy (non-hydrogen) atoms. The van der Waals surface area contributed by atoms with E-state index in [9.17, 15) is 9.65 Å². The normalized spacial score (nSPS) is 9.90. The lowest BCUT2D eigenvalue weighted by Gasteiger charge is -2.09. The fraction of sp³-hybridized carbons (Fsp3) is 0.133. The van der Waals surface area contributed by atoms with Crippen LogP contribution in [0.3, 0.4) is 0 Å². The Morgan fingerprint density at radius 3 is 2.38 bits per heavy atom. The van der Waals surface area contributed by atoms with E-state index in [1.807, 2.05) is 6.07 Å². The molecule has 1 heterocycles. The molecule has 2 rings (SSSR count). The summed E-state index contributed by atoms with van der Waals surface area (Å²) in [5.41, 5.74) is 7.77. The number of hydrogen-bond acceptors (Lipinski definition) is 5. The number of nitriles is 2. The van der Waals surface area contributed by atoms with E-state index in [2.05, 4.69) is 11.1 Å². The second kappa shape index (κ2) is 6.25. The lowest BCUT2D eigenvalue weighted by atomic mass is 10.1. The fourth-order valence-electron chi connectivity index (χ4n) is 1.81. The van der Waals surface area contributed by atoms with Gasteiger partial charge in [-0.25, -0.2) is 9.37 Å². The first kappa shape index (κ1) is 14.8. The van der Waals surface area contributed by atoms with E-state index in [1.165, 1.54) is 23.9 Å².